The van der Waals surface area contributed by atoms with Crippen LogP contribution in [0.15, 0.2) is 194 Å². The molecule has 0 heteroatoms. The van der Waals surface area contributed by atoms with Crippen LogP contribution in [0.4, 0.5) is 0 Å². The van der Waals surface area contributed by atoms with Gasteiger partial charge in [-0.25, -0.2) is 0 Å². The van der Waals surface area contributed by atoms with Crippen LogP contribution in [0, 0.1) is 0 Å². The summed E-state index contributed by atoms with van der Waals surface area (Å²) in [5.74, 6) is 0. The molecule has 0 unspecified atom stereocenters. The third-order valence-corrected chi connectivity index (χ3v) is 10.4. The van der Waals surface area contributed by atoms with E-state index in [0.717, 1.165) is 0 Å². The first-order chi connectivity index (χ1) is 25.8. The summed E-state index contributed by atoms with van der Waals surface area (Å²) in [4.78, 5) is 0. The highest BCUT2D eigenvalue weighted by atomic mass is 14.3. The summed E-state index contributed by atoms with van der Waals surface area (Å²) in [6.07, 6.45) is 0. The molecule has 246 valence electrons. The van der Waals surface area contributed by atoms with Gasteiger partial charge in [0.15, 0.2) is 0 Å². The predicted octanol–water partition coefficient (Wildman–Crippen LogP) is 15.1. The first kappa shape index (κ1) is 31.5. The molecule has 0 aliphatic rings. The highest BCUT2D eigenvalue weighted by molar-refractivity contribution is 6.27. The van der Waals surface area contributed by atoms with Gasteiger partial charge in [-0.1, -0.05) is 196 Å². The van der Waals surface area contributed by atoms with Crippen molar-refractivity contribution in [3.63, 3.8) is 0 Å². The molecule has 0 aliphatic carbocycles. The third-order valence-electron chi connectivity index (χ3n) is 10.4. The molecule has 0 aromatic heterocycles. The Labute approximate surface area is 305 Å². The standard InChI is InChI=1S/C50H32.C2H6/c1-3-17-35(18-4-1)47-39-23-11-9-15-33(39)27-29-43(47)49-41-25-13-14-26-42(41)50(46-32-38-22-8-7-21-37(38)31-45(46)49)44-30-28-34-16-10-12-24-40(34)48(44)36-19-5-2-6-20-36;1-2/h1-32H;1-2H3. The third kappa shape index (κ3) is 5.15. The van der Waals surface area contributed by atoms with Crippen molar-refractivity contribution in [2.24, 2.45) is 0 Å². The monoisotopic (exact) mass is 662 g/mol. The van der Waals surface area contributed by atoms with E-state index >= 15 is 0 Å². The number of hydrogen-bond donors (Lipinski definition) is 0. The molecule has 0 radical (unpaired) electrons. The van der Waals surface area contributed by atoms with Gasteiger partial charge in [-0.05, 0) is 111 Å². The summed E-state index contributed by atoms with van der Waals surface area (Å²) in [5.41, 5.74) is 10.0. The van der Waals surface area contributed by atoms with E-state index < -0.39 is 0 Å². The Morgan fingerprint density at radius 3 is 0.962 bits per heavy atom. The van der Waals surface area contributed by atoms with Gasteiger partial charge >= 0.3 is 0 Å². The molecule has 10 aromatic rings. The summed E-state index contributed by atoms with van der Waals surface area (Å²) >= 11 is 0. The minimum Gasteiger partial charge on any atom is -0.0683 e. The number of rotatable bonds is 4. The van der Waals surface area contributed by atoms with Gasteiger partial charge < -0.3 is 0 Å². The fourth-order valence-corrected chi connectivity index (χ4v) is 8.24. The molecular weight excluding hydrogens is 625 g/mol. The quantitative estimate of drug-likeness (QED) is 0.165. The Hall–Kier alpha value is -6.50. The molecule has 10 aromatic carbocycles. The second-order valence-electron chi connectivity index (χ2n) is 13.2. The van der Waals surface area contributed by atoms with Gasteiger partial charge in [0.05, 0.1) is 0 Å². The molecule has 0 atom stereocenters. The topological polar surface area (TPSA) is 0 Å². The molecule has 0 amide bonds. The molecule has 0 spiro atoms. The molecule has 52 heavy (non-hydrogen) atoms. The van der Waals surface area contributed by atoms with Crippen molar-refractivity contribution >= 4 is 53.9 Å². The second-order valence-corrected chi connectivity index (χ2v) is 13.2. The molecular formula is C52H38. The maximum absolute atomic E-state index is 2.43. The Morgan fingerprint density at radius 2 is 0.558 bits per heavy atom. The summed E-state index contributed by atoms with van der Waals surface area (Å²) < 4.78 is 0. The maximum Gasteiger partial charge on any atom is -0.00197 e. The van der Waals surface area contributed by atoms with Crippen molar-refractivity contribution in [2.75, 3.05) is 0 Å². The summed E-state index contributed by atoms with van der Waals surface area (Å²) in [5, 5.41) is 12.5. The molecule has 0 nitrogen and oxygen atoms in total. The van der Waals surface area contributed by atoms with Gasteiger partial charge in [0.2, 0.25) is 0 Å². The molecule has 0 N–H and O–H groups in total. The fourth-order valence-electron chi connectivity index (χ4n) is 8.24. The fraction of sp³-hybridized carbons (Fsp3) is 0.0385. The summed E-state index contributed by atoms with van der Waals surface area (Å²) in [6, 6.07) is 71.4. The van der Waals surface area contributed by atoms with Crippen LogP contribution < -0.4 is 0 Å². The Balaban J connectivity index is 0.00000177. The zero-order valence-corrected chi connectivity index (χ0v) is 29.5. The minimum absolute atomic E-state index is 1.22. The Kier molecular flexibility index (Phi) is 8.07. The van der Waals surface area contributed by atoms with Gasteiger partial charge in [-0.2, -0.15) is 0 Å². The Bertz CT molecular complexity index is 2700. The first-order valence-electron chi connectivity index (χ1n) is 18.4. The van der Waals surface area contributed by atoms with Crippen molar-refractivity contribution in [1.29, 1.82) is 0 Å². The molecule has 0 aliphatic heterocycles. The smallest absolute Gasteiger partial charge is 0.00197 e. The van der Waals surface area contributed by atoms with Gasteiger partial charge in [0.1, 0.15) is 0 Å². The van der Waals surface area contributed by atoms with E-state index in [0.29, 0.717) is 0 Å². The first-order valence-corrected chi connectivity index (χ1v) is 18.4. The summed E-state index contributed by atoms with van der Waals surface area (Å²) in [6.45, 7) is 4.00. The van der Waals surface area contributed by atoms with Crippen LogP contribution >= 0.6 is 0 Å². The van der Waals surface area contributed by atoms with Crippen LogP contribution in [0.25, 0.3) is 98.4 Å². The van der Waals surface area contributed by atoms with Crippen molar-refractivity contribution in [2.45, 2.75) is 13.8 Å². The lowest BCUT2D eigenvalue weighted by Gasteiger charge is -2.23. The van der Waals surface area contributed by atoms with E-state index in [1.807, 2.05) is 13.8 Å². The molecule has 10 rings (SSSR count). The number of hydrogen-bond acceptors (Lipinski definition) is 0. The van der Waals surface area contributed by atoms with Crippen molar-refractivity contribution in [3.05, 3.63) is 194 Å². The molecule has 0 saturated carbocycles. The lowest BCUT2D eigenvalue weighted by molar-refractivity contribution is 1.50. The summed E-state index contributed by atoms with van der Waals surface area (Å²) in [7, 11) is 0. The average molecular weight is 663 g/mol. The van der Waals surface area contributed by atoms with Crippen LogP contribution in [0.3, 0.4) is 0 Å². The average Bonchev–Trinajstić information content (AvgIpc) is 3.22. The van der Waals surface area contributed by atoms with Crippen LogP contribution in [-0.4, -0.2) is 0 Å². The normalized spacial score (nSPS) is 11.3. The minimum atomic E-state index is 1.22. The van der Waals surface area contributed by atoms with E-state index in [1.165, 1.54) is 98.4 Å². The predicted molar refractivity (Wildman–Crippen MR) is 227 cm³/mol. The van der Waals surface area contributed by atoms with Crippen LogP contribution in [0.2, 0.25) is 0 Å². The van der Waals surface area contributed by atoms with Gasteiger partial charge in [-0.15, -0.1) is 0 Å². The van der Waals surface area contributed by atoms with E-state index in [9.17, 15) is 0 Å². The van der Waals surface area contributed by atoms with Gasteiger partial charge in [0, 0.05) is 0 Å². The van der Waals surface area contributed by atoms with Gasteiger partial charge in [0.25, 0.3) is 0 Å². The van der Waals surface area contributed by atoms with Crippen LogP contribution in [0.5, 0.6) is 0 Å². The van der Waals surface area contributed by atoms with E-state index in [4.69, 9.17) is 0 Å². The second kappa shape index (κ2) is 13.3. The number of benzene rings is 10. The Morgan fingerprint density at radius 1 is 0.231 bits per heavy atom. The lowest BCUT2D eigenvalue weighted by Crippen LogP contribution is -1.95. The lowest BCUT2D eigenvalue weighted by atomic mass is 9.80. The van der Waals surface area contributed by atoms with Gasteiger partial charge in [-0.3, -0.25) is 0 Å². The highest BCUT2D eigenvalue weighted by Gasteiger charge is 2.23. The van der Waals surface area contributed by atoms with Crippen molar-refractivity contribution in [3.8, 4) is 44.5 Å². The molecule has 0 bridgehead atoms. The molecule has 0 fully saturated rings. The van der Waals surface area contributed by atoms with Crippen molar-refractivity contribution in [1.82, 2.24) is 0 Å². The SMILES string of the molecule is CC.c1ccc(-c2c(-c3c4ccccc4c(-c4ccc5ccccc5c4-c4ccccc4)c4cc5ccccc5cc34)ccc3ccccc23)cc1. The van der Waals surface area contributed by atoms with E-state index in [1.54, 1.807) is 0 Å². The zero-order chi connectivity index (χ0) is 35.0. The number of fused-ring (bicyclic) bond motifs is 5. The van der Waals surface area contributed by atoms with E-state index in [2.05, 4.69) is 194 Å². The van der Waals surface area contributed by atoms with Crippen molar-refractivity contribution < 1.29 is 0 Å². The van der Waals surface area contributed by atoms with Crippen LogP contribution in [-0.2, 0) is 0 Å². The van der Waals surface area contributed by atoms with E-state index in [-0.39, 0.29) is 0 Å². The molecule has 0 heterocycles. The zero-order valence-electron chi connectivity index (χ0n) is 29.5. The maximum atomic E-state index is 2.43. The largest absolute Gasteiger partial charge is 0.0683 e. The highest BCUT2D eigenvalue weighted by Crippen LogP contribution is 2.50. The molecule has 0 saturated heterocycles. The van der Waals surface area contributed by atoms with Crippen LogP contribution in [0.1, 0.15) is 13.8 Å².